The molecule has 7 nitrogen and oxygen atoms in total. The van der Waals surface area contributed by atoms with Crippen LogP contribution in [-0.4, -0.2) is 23.4 Å². The number of carbonyl (C=O) groups excluding carboxylic acids is 2. The molecule has 0 bridgehead atoms. The number of furan rings is 1. The summed E-state index contributed by atoms with van der Waals surface area (Å²) in [6.45, 7) is 1.42. The van der Waals surface area contributed by atoms with Crippen molar-refractivity contribution in [1.29, 1.82) is 0 Å². The zero-order chi connectivity index (χ0) is 21.3. The summed E-state index contributed by atoms with van der Waals surface area (Å²) in [6.07, 6.45) is 0. The predicted molar refractivity (Wildman–Crippen MR) is 114 cm³/mol. The maximum Gasteiger partial charge on any atom is 0.305 e. The van der Waals surface area contributed by atoms with Crippen LogP contribution < -0.4 is 15.6 Å². The highest BCUT2D eigenvalue weighted by molar-refractivity contribution is 6.39. The number of amides is 2. The van der Waals surface area contributed by atoms with Crippen molar-refractivity contribution in [2.45, 2.75) is 6.92 Å². The standard InChI is InChI=1S/C21H15Cl2N3O4/c1-11-6-7-13-14(22)9-15(23)20(19(13)24-11)29-10-18(27)25-26-21(28)17-8-12-4-2-3-5-16(12)30-17/h2-9H,10H2,1H3,(H,25,27)(H,26,28). The van der Waals surface area contributed by atoms with E-state index in [1.807, 2.05) is 25.1 Å². The normalized spacial score (nSPS) is 10.9. The first-order valence-electron chi connectivity index (χ1n) is 8.88. The highest BCUT2D eigenvalue weighted by Gasteiger charge is 2.16. The molecule has 0 atom stereocenters. The van der Waals surface area contributed by atoms with Crippen LogP contribution >= 0.6 is 23.2 Å². The lowest BCUT2D eigenvalue weighted by Crippen LogP contribution is -2.43. The highest BCUT2D eigenvalue weighted by atomic mass is 35.5. The van der Waals surface area contributed by atoms with Gasteiger partial charge >= 0.3 is 5.91 Å². The van der Waals surface area contributed by atoms with Gasteiger partial charge in [0.15, 0.2) is 18.1 Å². The fourth-order valence-electron chi connectivity index (χ4n) is 2.88. The number of benzene rings is 2. The van der Waals surface area contributed by atoms with Gasteiger partial charge < -0.3 is 9.15 Å². The SMILES string of the molecule is Cc1ccc2c(Cl)cc(Cl)c(OCC(=O)NNC(=O)c3cc4ccccc4o3)c2n1. The van der Waals surface area contributed by atoms with E-state index < -0.39 is 18.4 Å². The van der Waals surface area contributed by atoms with Gasteiger partial charge in [-0.1, -0.05) is 41.4 Å². The third kappa shape index (κ3) is 4.03. The average molecular weight is 444 g/mol. The van der Waals surface area contributed by atoms with Crippen molar-refractivity contribution in [1.82, 2.24) is 15.8 Å². The number of nitrogens with one attached hydrogen (secondary N) is 2. The molecule has 2 N–H and O–H groups in total. The number of hydrazine groups is 1. The van der Waals surface area contributed by atoms with Gasteiger partial charge in [0.25, 0.3) is 5.91 Å². The van der Waals surface area contributed by atoms with Crippen LogP contribution in [-0.2, 0) is 4.79 Å². The van der Waals surface area contributed by atoms with E-state index in [9.17, 15) is 9.59 Å². The van der Waals surface area contributed by atoms with E-state index >= 15 is 0 Å². The van der Waals surface area contributed by atoms with Crippen molar-refractivity contribution in [2.75, 3.05) is 6.61 Å². The second-order valence-electron chi connectivity index (χ2n) is 6.46. The Hall–Kier alpha value is -3.29. The van der Waals surface area contributed by atoms with Crippen molar-refractivity contribution in [3.8, 4) is 5.75 Å². The Morgan fingerprint density at radius 3 is 2.67 bits per heavy atom. The van der Waals surface area contributed by atoms with Crippen molar-refractivity contribution in [2.24, 2.45) is 0 Å². The molecule has 0 saturated heterocycles. The van der Waals surface area contributed by atoms with Crippen molar-refractivity contribution < 1.29 is 18.7 Å². The van der Waals surface area contributed by atoms with E-state index in [0.29, 0.717) is 21.5 Å². The molecule has 0 aliphatic carbocycles. The molecule has 2 heterocycles. The minimum atomic E-state index is -0.591. The second-order valence-corrected chi connectivity index (χ2v) is 7.27. The first-order valence-corrected chi connectivity index (χ1v) is 9.64. The van der Waals surface area contributed by atoms with Crippen LogP contribution in [0.3, 0.4) is 0 Å². The van der Waals surface area contributed by atoms with Gasteiger partial charge in [-0.2, -0.15) is 0 Å². The number of aromatic nitrogens is 1. The number of nitrogens with zero attached hydrogens (tertiary/aromatic N) is 1. The first kappa shape index (κ1) is 20.0. The summed E-state index contributed by atoms with van der Waals surface area (Å²) >= 11 is 12.4. The molecule has 0 fully saturated rings. The van der Waals surface area contributed by atoms with Gasteiger partial charge in [-0.3, -0.25) is 20.4 Å². The number of pyridine rings is 1. The number of rotatable bonds is 4. The third-order valence-corrected chi connectivity index (χ3v) is 4.88. The third-order valence-electron chi connectivity index (χ3n) is 4.29. The minimum Gasteiger partial charge on any atom is -0.480 e. The van der Waals surface area contributed by atoms with Crippen LogP contribution in [0.2, 0.25) is 10.0 Å². The van der Waals surface area contributed by atoms with E-state index in [-0.39, 0.29) is 16.5 Å². The number of hydrogen-bond donors (Lipinski definition) is 2. The van der Waals surface area contributed by atoms with E-state index in [4.69, 9.17) is 32.4 Å². The Morgan fingerprint density at radius 2 is 1.87 bits per heavy atom. The fourth-order valence-corrected chi connectivity index (χ4v) is 3.45. The van der Waals surface area contributed by atoms with Crippen LogP contribution in [0.15, 0.2) is 52.9 Å². The molecule has 0 aliphatic heterocycles. The van der Waals surface area contributed by atoms with Gasteiger partial charge in [-0.25, -0.2) is 4.98 Å². The second kappa shape index (κ2) is 8.22. The Labute approximate surface area is 180 Å². The van der Waals surface area contributed by atoms with Crippen LogP contribution in [0.4, 0.5) is 0 Å². The van der Waals surface area contributed by atoms with E-state index in [2.05, 4.69) is 15.8 Å². The van der Waals surface area contributed by atoms with Gasteiger partial charge in [-0.05, 0) is 37.3 Å². The van der Waals surface area contributed by atoms with Crippen molar-refractivity contribution in [3.05, 3.63) is 70.0 Å². The molecular formula is C21H15Cl2N3O4. The summed E-state index contributed by atoms with van der Waals surface area (Å²) in [5, 5.41) is 2.09. The first-order chi connectivity index (χ1) is 14.4. The Kier molecular flexibility index (Phi) is 5.48. The summed E-state index contributed by atoms with van der Waals surface area (Å²) in [4.78, 5) is 28.7. The lowest BCUT2D eigenvalue weighted by atomic mass is 10.2. The van der Waals surface area contributed by atoms with Crippen LogP contribution in [0.1, 0.15) is 16.2 Å². The van der Waals surface area contributed by atoms with Gasteiger partial charge in [0, 0.05) is 16.5 Å². The molecule has 2 aromatic carbocycles. The lowest BCUT2D eigenvalue weighted by molar-refractivity contribution is -0.123. The van der Waals surface area contributed by atoms with Crippen molar-refractivity contribution in [3.63, 3.8) is 0 Å². The zero-order valence-electron chi connectivity index (χ0n) is 15.7. The van der Waals surface area contributed by atoms with Crippen LogP contribution in [0.5, 0.6) is 5.75 Å². The Morgan fingerprint density at radius 1 is 1.07 bits per heavy atom. The van der Waals surface area contributed by atoms with E-state index in [1.165, 1.54) is 6.07 Å². The molecule has 152 valence electrons. The van der Waals surface area contributed by atoms with Gasteiger partial charge in [-0.15, -0.1) is 0 Å². The number of fused-ring (bicyclic) bond motifs is 2. The molecule has 0 unspecified atom stereocenters. The number of hydrogen-bond acceptors (Lipinski definition) is 5. The quantitative estimate of drug-likeness (QED) is 0.454. The molecule has 2 aromatic heterocycles. The molecule has 4 aromatic rings. The number of ether oxygens (including phenoxy) is 1. The topological polar surface area (TPSA) is 93.5 Å². The monoisotopic (exact) mass is 443 g/mol. The molecule has 30 heavy (non-hydrogen) atoms. The minimum absolute atomic E-state index is 0.0730. The van der Waals surface area contributed by atoms with Gasteiger partial charge in [0.1, 0.15) is 11.1 Å². The number of para-hydroxylation sites is 1. The Bertz CT molecular complexity index is 1250. The van der Waals surface area contributed by atoms with Crippen LogP contribution in [0, 0.1) is 6.92 Å². The van der Waals surface area contributed by atoms with E-state index in [0.717, 1.165) is 11.1 Å². The summed E-state index contributed by atoms with van der Waals surface area (Å²) < 4.78 is 11.0. The summed E-state index contributed by atoms with van der Waals surface area (Å²) in [5.74, 6) is -0.875. The molecular weight excluding hydrogens is 429 g/mol. The van der Waals surface area contributed by atoms with Gasteiger partial charge in [0.2, 0.25) is 0 Å². The molecule has 0 saturated carbocycles. The smallest absolute Gasteiger partial charge is 0.305 e. The van der Waals surface area contributed by atoms with Crippen LogP contribution in [0.25, 0.3) is 21.9 Å². The summed E-state index contributed by atoms with van der Waals surface area (Å²) in [6, 6.07) is 13.9. The maximum atomic E-state index is 12.2. The molecule has 9 heteroatoms. The van der Waals surface area contributed by atoms with E-state index in [1.54, 1.807) is 24.3 Å². The molecule has 2 amide bonds. The molecule has 0 radical (unpaired) electrons. The summed E-state index contributed by atoms with van der Waals surface area (Å²) in [5.41, 5.74) is 6.32. The number of aryl methyl sites for hydroxylation is 1. The van der Waals surface area contributed by atoms with Gasteiger partial charge in [0.05, 0.1) is 10.0 Å². The number of halogens is 2. The Balaban J connectivity index is 1.41. The predicted octanol–water partition coefficient (Wildman–Crippen LogP) is 4.44. The highest BCUT2D eigenvalue weighted by Crippen LogP contribution is 2.37. The summed E-state index contributed by atoms with van der Waals surface area (Å²) in [7, 11) is 0. The lowest BCUT2D eigenvalue weighted by Gasteiger charge is -2.12. The molecule has 0 spiro atoms. The number of carbonyl (C=O) groups is 2. The molecule has 4 rings (SSSR count). The maximum absolute atomic E-state index is 12.2. The largest absolute Gasteiger partial charge is 0.480 e. The molecule has 0 aliphatic rings. The fraction of sp³-hybridized carbons (Fsp3) is 0.0952. The van der Waals surface area contributed by atoms with Crippen molar-refractivity contribution >= 4 is 56.9 Å². The average Bonchev–Trinajstić information content (AvgIpc) is 3.16. The zero-order valence-corrected chi connectivity index (χ0v) is 17.2.